The van der Waals surface area contributed by atoms with Gasteiger partial charge in [0.2, 0.25) is 5.91 Å². The smallest absolute Gasteiger partial charge is 0.231 e. The third kappa shape index (κ3) is 4.19. The Labute approximate surface area is 179 Å². The van der Waals surface area contributed by atoms with Crippen molar-refractivity contribution in [3.63, 3.8) is 0 Å². The van der Waals surface area contributed by atoms with E-state index >= 15 is 0 Å². The first-order chi connectivity index (χ1) is 14.5. The SMILES string of the molecule is CC[C@@H](C(=O)Nc1ccc(Cl)cc1)c1ccc(-c2ccnc3ccc(F)cc23)cc1. The predicted octanol–water partition coefficient (Wildman–Crippen LogP) is 6.83. The summed E-state index contributed by atoms with van der Waals surface area (Å²) in [5.41, 5.74) is 4.24. The number of hydrogen-bond acceptors (Lipinski definition) is 2. The number of rotatable bonds is 5. The molecule has 0 spiro atoms. The van der Waals surface area contributed by atoms with E-state index in [4.69, 9.17) is 11.6 Å². The zero-order valence-electron chi connectivity index (χ0n) is 16.4. The fraction of sp³-hybridized carbons (Fsp3) is 0.120. The molecule has 1 aromatic heterocycles. The summed E-state index contributed by atoms with van der Waals surface area (Å²) in [5.74, 6) is -0.636. The number of amides is 1. The summed E-state index contributed by atoms with van der Waals surface area (Å²) < 4.78 is 13.8. The van der Waals surface area contributed by atoms with Gasteiger partial charge in [-0.2, -0.15) is 0 Å². The highest BCUT2D eigenvalue weighted by Gasteiger charge is 2.19. The Bertz CT molecular complexity index is 1190. The number of nitrogens with zero attached hydrogens (tertiary/aromatic N) is 1. The van der Waals surface area contributed by atoms with Crippen molar-refractivity contribution in [2.45, 2.75) is 19.3 Å². The Morgan fingerprint density at radius 3 is 2.47 bits per heavy atom. The molecule has 1 heterocycles. The molecule has 0 aliphatic heterocycles. The molecule has 0 saturated heterocycles. The van der Waals surface area contributed by atoms with Crippen LogP contribution in [-0.2, 0) is 4.79 Å². The van der Waals surface area contributed by atoms with E-state index in [-0.39, 0.29) is 17.6 Å². The van der Waals surface area contributed by atoms with Gasteiger partial charge in [0.1, 0.15) is 5.82 Å². The van der Waals surface area contributed by atoms with Gasteiger partial charge in [-0.25, -0.2) is 4.39 Å². The van der Waals surface area contributed by atoms with Crippen molar-refractivity contribution in [3.8, 4) is 11.1 Å². The van der Waals surface area contributed by atoms with Gasteiger partial charge in [-0.3, -0.25) is 9.78 Å². The summed E-state index contributed by atoms with van der Waals surface area (Å²) in [4.78, 5) is 17.1. The average molecular weight is 419 g/mol. The first-order valence-corrected chi connectivity index (χ1v) is 10.1. The summed E-state index contributed by atoms with van der Waals surface area (Å²) in [6.07, 6.45) is 2.39. The number of benzene rings is 3. The Hall–Kier alpha value is -3.24. The van der Waals surface area contributed by atoms with Crippen molar-refractivity contribution >= 4 is 34.1 Å². The standard InChI is InChI=1S/C25H20ClFN2O/c1-2-21(25(30)29-20-10-7-18(26)8-11-20)16-3-5-17(6-4-16)22-13-14-28-24-12-9-19(27)15-23(22)24/h3-15,21H,2H2,1H3,(H,29,30)/t21-/m1/s1. The molecule has 3 nitrogen and oxygen atoms in total. The lowest BCUT2D eigenvalue weighted by atomic mass is 9.92. The maximum absolute atomic E-state index is 13.8. The Morgan fingerprint density at radius 2 is 1.77 bits per heavy atom. The van der Waals surface area contributed by atoms with Crippen molar-refractivity contribution in [2.24, 2.45) is 0 Å². The fourth-order valence-electron chi connectivity index (χ4n) is 3.60. The first-order valence-electron chi connectivity index (χ1n) is 9.76. The van der Waals surface area contributed by atoms with Gasteiger partial charge >= 0.3 is 0 Å². The third-order valence-electron chi connectivity index (χ3n) is 5.16. The van der Waals surface area contributed by atoms with Crippen molar-refractivity contribution in [2.75, 3.05) is 5.32 Å². The second-order valence-electron chi connectivity index (χ2n) is 7.10. The zero-order valence-corrected chi connectivity index (χ0v) is 17.2. The van der Waals surface area contributed by atoms with Gasteiger partial charge in [0.25, 0.3) is 0 Å². The van der Waals surface area contributed by atoms with Gasteiger partial charge in [-0.05, 0) is 71.6 Å². The van der Waals surface area contributed by atoms with E-state index in [0.717, 1.165) is 27.6 Å². The summed E-state index contributed by atoms with van der Waals surface area (Å²) in [6, 6.07) is 21.4. The van der Waals surface area contributed by atoms with E-state index in [1.165, 1.54) is 12.1 Å². The van der Waals surface area contributed by atoms with Gasteiger partial charge in [0.15, 0.2) is 0 Å². The molecule has 0 fully saturated rings. The molecule has 150 valence electrons. The van der Waals surface area contributed by atoms with E-state index in [2.05, 4.69) is 10.3 Å². The Kier molecular flexibility index (Phi) is 5.77. The van der Waals surface area contributed by atoms with Crippen molar-refractivity contribution in [1.82, 2.24) is 4.98 Å². The number of fused-ring (bicyclic) bond motifs is 1. The van der Waals surface area contributed by atoms with E-state index in [9.17, 15) is 9.18 Å². The van der Waals surface area contributed by atoms with Crippen molar-refractivity contribution in [1.29, 1.82) is 0 Å². The minimum Gasteiger partial charge on any atom is -0.326 e. The van der Waals surface area contributed by atoms with Gasteiger partial charge in [-0.15, -0.1) is 0 Å². The first kappa shape index (κ1) is 20.0. The molecule has 0 bridgehead atoms. The molecule has 0 aliphatic rings. The van der Waals surface area contributed by atoms with E-state index < -0.39 is 0 Å². The zero-order chi connectivity index (χ0) is 21.1. The van der Waals surface area contributed by atoms with Crippen LogP contribution in [-0.4, -0.2) is 10.9 Å². The van der Waals surface area contributed by atoms with Gasteiger partial charge in [0.05, 0.1) is 11.4 Å². The molecule has 3 aromatic carbocycles. The molecule has 4 aromatic rings. The predicted molar refractivity (Wildman–Crippen MR) is 120 cm³/mol. The van der Waals surface area contributed by atoms with Crippen LogP contribution in [0.25, 0.3) is 22.0 Å². The normalized spacial score (nSPS) is 12.0. The van der Waals surface area contributed by atoms with Crippen molar-refractivity contribution < 1.29 is 9.18 Å². The molecule has 1 amide bonds. The highest BCUT2D eigenvalue weighted by molar-refractivity contribution is 6.30. The Balaban J connectivity index is 1.60. The topological polar surface area (TPSA) is 42.0 Å². The van der Waals surface area contributed by atoms with Gasteiger partial charge in [0, 0.05) is 22.3 Å². The maximum Gasteiger partial charge on any atom is 0.231 e. The van der Waals surface area contributed by atoms with E-state index in [1.54, 1.807) is 36.5 Å². The van der Waals surface area contributed by atoms with Crippen LogP contribution in [0.15, 0.2) is 79.0 Å². The van der Waals surface area contributed by atoms with Gasteiger partial charge in [-0.1, -0.05) is 42.8 Å². The molecule has 1 atom stereocenters. The average Bonchev–Trinajstić information content (AvgIpc) is 2.76. The quantitative estimate of drug-likeness (QED) is 0.386. The highest BCUT2D eigenvalue weighted by Crippen LogP contribution is 2.30. The van der Waals surface area contributed by atoms with E-state index in [1.807, 2.05) is 37.3 Å². The fourth-order valence-corrected chi connectivity index (χ4v) is 3.73. The largest absolute Gasteiger partial charge is 0.326 e. The molecule has 0 saturated carbocycles. The van der Waals surface area contributed by atoms with Crippen LogP contribution >= 0.6 is 11.6 Å². The van der Waals surface area contributed by atoms with Crippen LogP contribution in [0, 0.1) is 5.82 Å². The molecular weight excluding hydrogens is 399 g/mol. The molecule has 4 rings (SSSR count). The van der Waals surface area contributed by atoms with Crippen LogP contribution in [0.2, 0.25) is 5.02 Å². The summed E-state index contributed by atoms with van der Waals surface area (Å²) >= 11 is 5.91. The number of halogens is 2. The second kappa shape index (κ2) is 8.64. The van der Waals surface area contributed by atoms with Crippen LogP contribution in [0.5, 0.6) is 0 Å². The minimum absolute atomic E-state index is 0.0657. The van der Waals surface area contributed by atoms with Crippen molar-refractivity contribution in [3.05, 3.63) is 95.4 Å². The lowest BCUT2D eigenvalue weighted by Gasteiger charge is -2.16. The number of nitrogens with one attached hydrogen (secondary N) is 1. The molecule has 0 aliphatic carbocycles. The number of pyridine rings is 1. The van der Waals surface area contributed by atoms with Gasteiger partial charge < -0.3 is 5.32 Å². The number of anilines is 1. The maximum atomic E-state index is 13.8. The monoisotopic (exact) mass is 418 g/mol. The number of carbonyl (C=O) groups is 1. The summed E-state index contributed by atoms with van der Waals surface area (Å²) in [6.45, 7) is 1.99. The molecule has 0 radical (unpaired) electrons. The molecular formula is C25H20ClFN2O. The van der Waals surface area contributed by atoms with Crippen LogP contribution < -0.4 is 5.32 Å². The second-order valence-corrected chi connectivity index (χ2v) is 7.54. The highest BCUT2D eigenvalue weighted by atomic mass is 35.5. The number of hydrogen-bond donors (Lipinski definition) is 1. The van der Waals surface area contributed by atoms with Crippen LogP contribution in [0.3, 0.4) is 0 Å². The molecule has 1 N–H and O–H groups in total. The third-order valence-corrected chi connectivity index (χ3v) is 5.42. The summed E-state index contributed by atoms with van der Waals surface area (Å²) in [5, 5.41) is 4.33. The number of aromatic nitrogens is 1. The van der Waals surface area contributed by atoms with E-state index in [0.29, 0.717) is 17.1 Å². The lowest BCUT2D eigenvalue weighted by molar-refractivity contribution is -0.117. The Morgan fingerprint density at radius 1 is 1.03 bits per heavy atom. The lowest BCUT2D eigenvalue weighted by Crippen LogP contribution is -2.20. The van der Waals surface area contributed by atoms with Crippen LogP contribution in [0.4, 0.5) is 10.1 Å². The summed E-state index contributed by atoms with van der Waals surface area (Å²) in [7, 11) is 0. The molecule has 30 heavy (non-hydrogen) atoms. The molecule has 5 heteroatoms. The van der Waals surface area contributed by atoms with Crippen LogP contribution in [0.1, 0.15) is 24.8 Å². The molecule has 0 unspecified atom stereocenters. The minimum atomic E-state index is -0.293. The number of carbonyl (C=O) groups excluding carboxylic acids is 1.